The van der Waals surface area contributed by atoms with Crippen LogP contribution in [0.4, 0.5) is 5.69 Å². The van der Waals surface area contributed by atoms with Crippen LogP contribution in [0.1, 0.15) is 11.3 Å². The summed E-state index contributed by atoms with van der Waals surface area (Å²) in [7, 11) is -4.13. The Balaban J connectivity index is 1.65. The number of pyridine rings is 1. The third-order valence-corrected chi connectivity index (χ3v) is 5.58. The number of benzene rings is 2. The van der Waals surface area contributed by atoms with Crippen LogP contribution in [-0.4, -0.2) is 18.3 Å². The van der Waals surface area contributed by atoms with Crippen LogP contribution >= 0.6 is 11.6 Å². The zero-order valence-corrected chi connectivity index (χ0v) is 16.6. The quantitative estimate of drug-likeness (QED) is 0.428. The van der Waals surface area contributed by atoms with Crippen LogP contribution in [0, 0.1) is 10.1 Å². The molecule has 3 aromatic rings. The lowest BCUT2D eigenvalue weighted by molar-refractivity contribution is -0.387. The number of hydrogen-bond acceptors (Lipinski definition) is 6. The van der Waals surface area contributed by atoms with Crippen molar-refractivity contribution in [2.45, 2.75) is 18.0 Å². The zero-order chi connectivity index (χ0) is 20.9. The Bertz CT molecular complexity index is 1110. The molecule has 0 saturated carbocycles. The standard InChI is InChI=1S/C19H16ClN3O5S/c20-15-6-9-18(23(24)25)19(11-15)29(26,27)22-12-14-4-7-17(8-5-14)28-13-16-3-1-2-10-21-16/h1-11,22H,12-13H2. The molecule has 0 fully saturated rings. The molecule has 0 unspecified atom stereocenters. The molecule has 0 aliphatic rings. The highest BCUT2D eigenvalue weighted by molar-refractivity contribution is 7.89. The minimum Gasteiger partial charge on any atom is -0.487 e. The number of nitro benzene ring substituents is 1. The Kier molecular flexibility index (Phi) is 6.42. The first-order valence-corrected chi connectivity index (χ1v) is 10.3. The number of rotatable bonds is 8. The first kappa shape index (κ1) is 20.7. The number of ether oxygens (including phenoxy) is 1. The SMILES string of the molecule is O=[N+]([O-])c1ccc(Cl)cc1S(=O)(=O)NCc1ccc(OCc2ccccn2)cc1. The van der Waals surface area contributed by atoms with Crippen LogP contribution in [0.25, 0.3) is 0 Å². The summed E-state index contributed by atoms with van der Waals surface area (Å²) in [6.45, 7) is 0.262. The molecule has 10 heteroatoms. The van der Waals surface area contributed by atoms with Gasteiger partial charge in [0.1, 0.15) is 12.4 Å². The van der Waals surface area contributed by atoms with Crippen LogP contribution in [-0.2, 0) is 23.2 Å². The predicted molar refractivity (Wildman–Crippen MR) is 107 cm³/mol. The summed E-state index contributed by atoms with van der Waals surface area (Å²) in [5.41, 5.74) is 0.899. The number of nitro groups is 1. The van der Waals surface area contributed by atoms with Crippen molar-refractivity contribution in [3.63, 3.8) is 0 Å². The van der Waals surface area contributed by atoms with Gasteiger partial charge in [-0.2, -0.15) is 0 Å². The van der Waals surface area contributed by atoms with Crippen molar-refractivity contribution in [2.24, 2.45) is 0 Å². The minimum atomic E-state index is -4.13. The van der Waals surface area contributed by atoms with Gasteiger partial charge in [0.05, 0.1) is 10.6 Å². The molecule has 0 radical (unpaired) electrons. The maximum Gasteiger partial charge on any atom is 0.289 e. The van der Waals surface area contributed by atoms with Gasteiger partial charge in [-0.25, -0.2) is 13.1 Å². The molecule has 1 aromatic heterocycles. The maximum absolute atomic E-state index is 12.5. The van der Waals surface area contributed by atoms with Gasteiger partial charge in [-0.3, -0.25) is 15.1 Å². The van der Waals surface area contributed by atoms with E-state index in [0.717, 1.165) is 17.8 Å². The predicted octanol–water partition coefficient (Wildman–Crippen LogP) is 3.70. The molecular weight excluding hydrogens is 418 g/mol. The number of nitrogens with zero attached hydrogens (tertiary/aromatic N) is 2. The summed E-state index contributed by atoms with van der Waals surface area (Å²) >= 11 is 5.80. The second kappa shape index (κ2) is 8.99. The fourth-order valence-electron chi connectivity index (χ4n) is 2.45. The number of aromatic nitrogens is 1. The van der Waals surface area contributed by atoms with E-state index in [2.05, 4.69) is 9.71 Å². The fraction of sp³-hybridized carbons (Fsp3) is 0.105. The highest BCUT2D eigenvalue weighted by atomic mass is 35.5. The Hall–Kier alpha value is -3.01. The molecular formula is C19H16ClN3O5S. The van der Waals surface area contributed by atoms with E-state index in [1.807, 2.05) is 18.2 Å². The average molecular weight is 434 g/mol. The summed E-state index contributed by atoms with van der Waals surface area (Å²) in [5, 5.41) is 11.2. The van der Waals surface area contributed by atoms with Gasteiger partial charge in [-0.15, -0.1) is 0 Å². The van der Waals surface area contributed by atoms with E-state index in [-0.39, 0.29) is 11.6 Å². The molecule has 0 spiro atoms. The highest BCUT2D eigenvalue weighted by Gasteiger charge is 2.25. The lowest BCUT2D eigenvalue weighted by Gasteiger charge is -2.09. The molecule has 3 rings (SSSR count). The monoisotopic (exact) mass is 433 g/mol. The van der Waals surface area contributed by atoms with Crippen molar-refractivity contribution in [1.29, 1.82) is 0 Å². The lowest BCUT2D eigenvalue weighted by Crippen LogP contribution is -2.24. The van der Waals surface area contributed by atoms with E-state index >= 15 is 0 Å². The summed E-state index contributed by atoms with van der Waals surface area (Å²) in [6, 6.07) is 15.7. The molecule has 0 bridgehead atoms. The Morgan fingerprint density at radius 2 is 1.86 bits per heavy atom. The van der Waals surface area contributed by atoms with Crippen molar-refractivity contribution >= 4 is 27.3 Å². The molecule has 1 heterocycles. The Morgan fingerprint density at radius 1 is 1.10 bits per heavy atom. The van der Waals surface area contributed by atoms with Gasteiger partial charge < -0.3 is 4.74 Å². The number of sulfonamides is 1. The molecule has 0 atom stereocenters. The molecule has 29 heavy (non-hydrogen) atoms. The first-order chi connectivity index (χ1) is 13.8. The van der Waals surface area contributed by atoms with E-state index in [1.54, 1.807) is 30.5 Å². The van der Waals surface area contributed by atoms with E-state index in [1.165, 1.54) is 6.07 Å². The van der Waals surface area contributed by atoms with Crippen molar-refractivity contribution in [1.82, 2.24) is 9.71 Å². The molecule has 0 aliphatic heterocycles. The van der Waals surface area contributed by atoms with Gasteiger partial charge in [-0.05, 0) is 42.0 Å². The van der Waals surface area contributed by atoms with Gasteiger partial charge in [-0.1, -0.05) is 29.8 Å². The van der Waals surface area contributed by atoms with Crippen LogP contribution in [0.15, 0.2) is 71.8 Å². The van der Waals surface area contributed by atoms with Crippen molar-refractivity contribution in [2.75, 3.05) is 0 Å². The van der Waals surface area contributed by atoms with Gasteiger partial charge in [0.25, 0.3) is 5.69 Å². The van der Waals surface area contributed by atoms with E-state index < -0.39 is 25.5 Å². The number of hydrogen-bond donors (Lipinski definition) is 1. The summed E-state index contributed by atoms with van der Waals surface area (Å²) in [4.78, 5) is 14.0. The molecule has 0 saturated heterocycles. The van der Waals surface area contributed by atoms with Crippen LogP contribution < -0.4 is 9.46 Å². The van der Waals surface area contributed by atoms with Gasteiger partial charge in [0, 0.05) is 23.8 Å². The largest absolute Gasteiger partial charge is 0.487 e. The normalized spacial score (nSPS) is 11.2. The summed E-state index contributed by atoms with van der Waals surface area (Å²) in [5.74, 6) is 0.604. The van der Waals surface area contributed by atoms with Gasteiger partial charge in [0.2, 0.25) is 10.0 Å². The van der Waals surface area contributed by atoms with Crippen molar-refractivity contribution in [3.8, 4) is 5.75 Å². The highest BCUT2D eigenvalue weighted by Crippen LogP contribution is 2.27. The second-order valence-electron chi connectivity index (χ2n) is 5.95. The van der Waals surface area contributed by atoms with Gasteiger partial charge in [0.15, 0.2) is 4.90 Å². The topological polar surface area (TPSA) is 111 Å². The van der Waals surface area contributed by atoms with Gasteiger partial charge >= 0.3 is 0 Å². The third-order valence-electron chi connectivity index (χ3n) is 3.91. The first-order valence-electron chi connectivity index (χ1n) is 8.40. The van der Waals surface area contributed by atoms with E-state index in [0.29, 0.717) is 17.9 Å². The zero-order valence-electron chi connectivity index (χ0n) is 15.0. The Labute approximate surface area is 172 Å². The minimum absolute atomic E-state index is 0.0491. The second-order valence-corrected chi connectivity index (χ2v) is 8.12. The van der Waals surface area contributed by atoms with E-state index in [4.69, 9.17) is 16.3 Å². The smallest absolute Gasteiger partial charge is 0.289 e. The summed E-state index contributed by atoms with van der Waals surface area (Å²) in [6.07, 6.45) is 1.68. The molecule has 0 amide bonds. The Morgan fingerprint density at radius 3 is 2.52 bits per heavy atom. The molecule has 2 aromatic carbocycles. The lowest BCUT2D eigenvalue weighted by atomic mass is 10.2. The van der Waals surface area contributed by atoms with Crippen LogP contribution in [0.3, 0.4) is 0 Å². The molecule has 1 N–H and O–H groups in total. The molecule has 0 aliphatic carbocycles. The molecule has 150 valence electrons. The maximum atomic E-state index is 12.5. The fourth-order valence-corrected chi connectivity index (χ4v) is 3.90. The van der Waals surface area contributed by atoms with Crippen LogP contribution in [0.2, 0.25) is 5.02 Å². The van der Waals surface area contributed by atoms with Crippen molar-refractivity contribution in [3.05, 3.63) is 93.3 Å². The number of nitrogens with one attached hydrogen (secondary N) is 1. The van der Waals surface area contributed by atoms with E-state index in [9.17, 15) is 18.5 Å². The summed E-state index contributed by atoms with van der Waals surface area (Å²) < 4.78 is 33.0. The van der Waals surface area contributed by atoms with Crippen LogP contribution in [0.5, 0.6) is 5.75 Å². The van der Waals surface area contributed by atoms with Crippen molar-refractivity contribution < 1.29 is 18.1 Å². The third kappa shape index (κ3) is 5.50. The molecule has 8 nitrogen and oxygen atoms in total. The number of halogens is 1. The average Bonchev–Trinajstić information content (AvgIpc) is 2.72.